The molecule has 1 N–H and O–H groups in total. The fourth-order valence-corrected chi connectivity index (χ4v) is 0.0609. The number of carbonyl (C=O) groups is 2. The third kappa shape index (κ3) is 2.94. The van der Waals surface area contributed by atoms with Crippen molar-refractivity contribution in [3.63, 3.8) is 0 Å². The van der Waals surface area contributed by atoms with Gasteiger partial charge in [-0.3, -0.25) is 9.59 Å². The van der Waals surface area contributed by atoms with Gasteiger partial charge >= 0.3 is 0 Å². The summed E-state index contributed by atoms with van der Waals surface area (Å²) in [5, 5.41) is 0. The largest absolute Gasteiger partial charge is 0.277 e. The van der Waals surface area contributed by atoms with Gasteiger partial charge in [-0.15, -0.1) is 5.43 Å². The highest BCUT2D eigenvalue weighted by Crippen LogP contribution is 1.26. The first-order valence-electron chi connectivity index (χ1n) is 1.24. The molecule has 0 heterocycles. The molecule has 1 radical (unpaired) electrons. The predicted molar refractivity (Wildman–Crippen MR) is 17.4 cm³/mol. The third-order valence-electron chi connectivity index (χ3n) is 0.180. The van der Waals surface area contributed by atoms with Gasteiger partial charge in [0.25, 0.3) is 0 Å². The lowest BCUT2D eigenvalue weighted by Crippen LogP contribution is -2.20. The molecule has 0 aliphatic heterocycles. The Balaban J connectivity index is 2.66. The second-order valence-corrected chi connectivity index (χ2v) is 0.481. The smallest absolute Gasteiger partial charge is 0.250 e. The molecule has 0 aromatic rings. The van der Waals surface area contributed by atoms with E-state index in [4.69, 9.17) is 0 Å². The average Bonchev–Trinajstić information content (AvgIpc) is 1.61. The van der Waals surface area contributed by atoms with E-state index in [9.17, 15) is 9.59 Å². The Kier molecular flexibility index (Phi) is 3.24. The van der Waals surface area contributed by atoms with Crippen LogP contribution in [0.4, 0.5) is 0 Å². The van der Waals surface area contributed by atoms with Crippen molar-refractivity contribution in [3.05, 3.63) is 0 Å². The van der Waals surface area contributed by atoms with Crippen LogP contribution in [0.3, 0.4) is 0 Å². The van der Waals surface area contributed by atoms with E-state index in [2.05, 4.69) is 5.43 Å². The maximum atomic E-state index is 9.20. The van der Waals surface area contributed by atoms with Crippen LogP contribution in [0, 0.1) is 0 Å². The Morgan fingerprint density at radius 1 is 1.50 bits per heavy atom. The molecule has 0 aliphatic rings. The van der Waals surface area contributed by atoms with E-state index in [1.807, 2.05) is 0 Å². The minimum absolute atomic E-state index is 0.244. The number of nitrogens with zero attached hydrogens (tertiary/aromatic N) is 1. The zero-order chi connectivity index (χ0) is 4.83. The fraction of sp³-hybridized carbons (Fsp3) is 0. The van der Waals surface area contributed by atoms with Gasteiger partial charge in [0.05, 0.1) is 0 Å². The van der Waals surface area contributed by atoms with Gasteiger partial charge in [-0.05, 0) is 0 Å². The highest BCUT2D eigenvalue weighted by Gasteiger charge is 1.67. The molecule has 0 rings (SSSR count). The molecular weight excluding hydrogens is 84.0 g/mol. The second-order valence-electron chi connectivity index (χ2n) is 0.481. The summed E-state index contributed by atoms with van der Waals surface area (Å²) in [6, 6.07) is 0. The first-order valence-corrected chi connectivity index (χ1v) is 1.24. The van der Waals surface area contributed by atoms with E-state index in [0.29, 0.717) is 6.41 Å². The standard InChI is InChI=1S/C2H3N2O2/c5-1-3-4-2-6/h1-2H,(H,3,5). The van der Waals surface area contributed by atoms with Crippen LogP contribution in [0.1, 0.15) is 0 Å². The second kappa shape index (κ2) is 3.94. The summed E-state index contributed by atoms with van der Waals surface area (Å²) in [6.07, 6.45) is 0.558. The van der Waals surface area contributed by atoms with Crippen molar-refractivity contribution in [1.82, 2.24) is 10.9 Å². The summed E-state index contributed by atoms with van der Waals surface area (Å²) >= 11 is 0. The maximum Gasteiger partial charge on any atom is 0.250 e. The molecule has 6 heavy (non-hydrogen) atoms. The number of hydrogen-bond acceptors (Lipinski definition) is 2. The van der Waals surface area contributed by atoms with E-state index in [0.717, 1.165) is 0 Å². The predicted octanol–water partition coefficient (Wildman–Crippen LogP) is -1.59. The number of carbonyl (C=O) groups excluding carboxylic acids is 2. The van der Waals surface area contributed by atoms with Gasteiger partial charge in [0, 0.05) is 0 Å². The molecule has 4 nitrogen and oxygen atoms in total. The van der Waals surface area contributed by atoms with E-state index in [1.54, 1.807) is 5.43 Å². The van der Waals surface area contributed by atoms with E-state index >= 15 is 0 Å². The first kappa shape index (κ1) is 4.94. The molecule has 2 amide bonds. The Labute approximate surface area is 34.5 Å². The topological polar surface area (TPSA) is 60.3 Å². The molecule has 0 saturated carbocycles. The van der Waals surface area contributed by atoms with Crippen molar-refractivity contribution in [1.29, 1.82) is 0 Å². The van der Waals surface area contributed by atoms with Crippen LogP contribution in [-0.2, 0) is 9.59 Å². The maximum absolute atomic E-state index is 9.20. The molecule has 33 valence electrons. The molecular formula is C2H3N2O2. The third-order valence-corrected chi connectivity index (χ3v) is 0.180. The summed E-state index contributed by atoms with van der Waals surface area (Å²) in [5.41, 5.74) is 4.57. The minimum Gasteiger partial charge on any atom is -0.277 e. The van der Waals surface area contributed by atoms with Crippen LogP contribution in [0.25, 0.3) is 0 Å². The molecule has 0 fully saturated rings. The van der Waals surface area contributed by atoms with Gasteiger partial charge in [-0.2, -0.15) is 0 Å². The monoisotopic (exact) mass is 87.0 g/mol. The Morgan fingerprint density at radius 2 is 2.17 bits per heavy atom. The fourth-order valence-electron chi connectivity index (χ4n) is 0.0609. The highest BCUT2D eigenvalue weighted by molar-refractivity contribution is 5.52. The molecule has 0 aliphatic carbocycles. The van der Waals surface area contributed by atoms with E-state index < -0.39 is 0 Å². The van der Waals surface area contributed by atoms with Gasteiger partial charge in [0.2, 0.25) is 12.8 Å². The molecule has 0 aromatic heterocycles. The van der Waals surface area contributed by atoms with Gasteiger partial charge in [0.15, 0.2) is 0 Å². The molecule has 0 unspecified atom stereocenters. The van der Waals surface area contributed by atoms with Crippen molar-refractivity contribution < 1.29 is 9.59 Å². The SMILES string of the molecule is O=C[N]NC=O. The first-order chi connectivity index (χ1) is 2.91. The van der Waals surface area contributed by atoms with Gasteiger partial charge in [0.1, 0.15) is 0 Å². The summed E-state index contributed by atoms with van der Waals surface area (Å²) in [7, 11) is 0. The Bertz CT molecular complexity index is 45.5. The van der Waals surface area contributed by atoms with Crippen molar-refractivity contribution in [2.45, 2.75) is 0 Å². The number of hydrogen-bond donors (Lipinski definition) is 1. The summed E-state index contributed by atoms with van der Waals surface area (Å²) in [6.45, 7) is 0. The van der Waals surface area contributed by atoms with Gasteiger partial charge in [-0.1, -0.05) is 0 Å². The quantitative estimate of drug-likeness (QED) is 0.256. The van der Waals surface area contributed by atoms with Crippen molar-refractivity contribution in [2.75, 3.05) is 0 Å². The Hall–Kier alpha value is -1.06. The van der Waals surface area contributed by atoms with E-state index in [1.165, 1.54) is 0 Å². The average molecular weight is 87.1 g/mol. The van der Waals surface area contributed by atoms with Crippen LogP contribution >= 0.6 is 0 Å². The number of nitrogens with one attached hydrogen (secondary N) is 1. The van der Waals surface area contributed by atoms with Crippen LogP contribution in [-0.4, -0.2) is 12.8 Å². The number of amides is 2. The zero-order valence-corrected chi connectivity index (χ0v) is 2.92. The van der Waals surface area contributed by atoms with Crippen LogP contribution in [0.2, 0.25) is 0 Å². The van der Waals surface area contributed by atoms with Crippen LogP contribution in [0.15, 0.2) is 0 Å². The molecule has 0 bridgehead atoms. The molecule has 0 spiro atoms. The number of rotatable bonds is 3. The lowest BCUT2D eigenvalue weighted by Gasteiger charge is -1.78. The summed E-state index contributed by atoms with van der Waals surface area (Å²) in [5.74, 6) is 0. The Morgan fingerprint density at radius 3 is 2.33 bits per heavy atom. The van der Waals surface area contributed by atoms with Crippen molar-refractivity contribution in [2.24, 2.45) is 0 Å². The van der Waals surface area contributed by atoms with Crippen molar-refractivity contribution >= 4 is 12.8 Å². The van der Waals surface area contributed by atoms with Gasteiger partial charge in [-0.25, -0.2) is 5.43 Å². The molecule has 4 heteroatoms. The normalized spacial score (nSPS) is 6.00. The zero-order valence-electron chi connectivity index (χ0n) is 2.92. The van der Waals surface area contributed by atoms with Crippen LogP contribution < -0.4 is 10.9 Å². The van der Waals surface area contributed by atoms with E-state index in [-0.39, 0.29) is 6.41 Å². The van der Waals surface area contributed by atoms with Crippen LogP contribution in [0.5, 0.6) is 0 Å². The summed E-state index contributed by atoms with van der Waals surface area (Å²) < 4.78 is 0. The van der Waals surface area contributed by atoms with Gasteiger partial charge < -0.3 is 0 Å². The summed E-state index contributed by atoms with van der Waals surface area (Å²) in [4.78, 5) is 18.4. The molecule has 0 atom stereocenters. The lowest BCUT2D eigenvalue weighted by atomic mass is 11.3. The molecule has 0 aromatic carbocycles. The minimum atomic E-state index is 0.244. The highest BCUT2D eigenvalue weighted by atomic mass is 16.2. The van der Waals surface area contributed by atoms with Crippen molar-refractivity contribution in [3.8, 4) is 0 Å². The molecule has 0 saturated heterocycles. The lowest BCUT2D eigenvalue weighted by molar-refractivity contribution is -0.116.